The van der Waals surface area contributed by atoms with E-state index in [1.165, 1.54) is 32.1 Å². The highest BCUT2D eigenvalue weighted by molar-refractivity contribution is 5.89. The van der Waals surface area contributed by atoms with Crippen molar-refractivity contribution in [1.29, 1.82) is 5.26 Å². The zero-order valence-electron chi connectivity index (χ0n) is 10.8. The van der Waals surface area contributed by atoms with Gasteiger partial charge in [-0.05, 0) is 31.0 Å². The first-order valence-corrected chi connectivity index (χ1v) is 6.78. The molecule has 1 heterocycles. The minimum atomic E-state index is 0.498. The number of hydrogen-bond donors (Lipinski definition) is 1. The Balaban J connectivity index is 1.95. The maximum Gasteiger partial charge on any atom is 0.137 e. The van der Waals surface area contributed by atoms with Crippen LogP contribution in [0.5, 0.6) is 0 Å². The molecule has 1 aromatic heterocycles. The predicted octanol–water partition coefficient (Wildman–Crippen LogP) is 3.25. The summed E-state index contributed by atoms with van der Waals surface area (Å²) in [4.78, 5) is 8.59. The monoisotopic (exact) mass is 252 g/mol. The maximum absolute atomic E-state index is 9.00. The standard InChI is InChI=1S/C15H16N4/c16-9-11-6-7-14-13(8-11)15(18-10-17-14)19-12-4-2-1-3-5-12/h6-8,10,12H,1-5H2,(H,17,18,19). The first-order valence-electron chi connectivity index (χ1n) is 6.78. The van der Waals surface area contributed by atoms with Crippen LogP contribution < -0.4 is 5.32 Å². The number of nitrogens with zero attached hydrogens (tertiary/aromatic N) is 3. The molecule has 1 N–H and O–H groups in total. The summed E-state index contributed by atoms with van der Waals surface area (Å²) in [7, 11) is 0. The molecule has 1 aromatic carbocycles. The predicted molar refractivity (Wildman–Crippen MR) is 74.7 cm³/mol. The Bertz CT molecular complexity index is 624. The van der Waals surface area contributed by atoms with Gasteiger partial charge in [0.15, 0.2) is 0 Å². The molecule has 19 heavy (non-hydrogen) atoms. The molecule has 0 amide bonds. The van der Waals surface area contributed by atoms with E-state index in [2.05, 4.69) is 21.4 Å². The molecule has 0 aliphatic heterocycles. The van der Waals surface area contributed by atoms with Gasteiger partial charge in [-0.2, -0.15) is 5.26 Å². The number of aromatic nitrogens is 2. The molecule has 0 bridgehead atoms. The summed E-state index contributed by atoms with van der Waals surface area (Å²) >= 11 is 0. The van der Waals surface area contributed by atoms with Crippen LogP contribution in [0, 0.1) is 11.3 Å². The number of fused-ring (bicyclic) bond motifs is 1. The van der Waals surface area contributed by atoms with Gasteiger partial charge in [0.1, 0.15) is 12.1 Å². The molecule has 1 aliphatic rings. The van der Waals surface area contributed by atoms with Gasteiger partial charge < -0.3 is 5.32 Å². The summed E-state index contributed by atoms with van der Waals surface area (Å²) in [5.41, 5.74) is 1.53. The Labute approximate surface area is 112 Å². The second-order valence-corrected chi connectivity index (χ2v) is 5.05. The van der Waals surface area contributed by atoms with Crippen molar-refractivity contribution in [3.05, 3.63) is 30.1 Å². The minimum Gasteiger partial charge on any atom is -0.367 e. The summed E-state index contributed by atoms with van der Waals surface area (Å²) in [6, 6.07) is 8.19. The van der Waals surface area contributed by atoms with Crippen LogP contribution in [0.2, 0.25) is 0 Å². The zero-order chi connectivity index (χ0) is 13.1. The van der Waals surface area contributed by atoms with Gasteiger partial charge in [0.2, 0.25) is 0 Å². The van der Waals surface area contributed by atoms with E-state index in [9.17, 15) is 0 Å². The third kappa shape index (κ3) is 2.50. The van der Waals surface area contributed by atoms with E-state index in [1.807, 2.05) is 12.1 Å². The highest BCUT2D eigenvalue weighted by atomic mass is 15.0. The van der Waals surface area contributed by atoms with Gasteiger partial charge in [-0.25, -0.2) is 9.97 Å². The number of nitriles is 1. The van der Waals surface area contributed by atoms with Gasteiger partial charge in [-0.15, -0.1) is 0 Å². The Morgan fingerprint density at radius 1 is 1.16 bits per heavy atom. The van der Waals surface area contributed by atoms with Gasteiger partial charge in [0, 0.05) is 11.4 Å². The minimum absolute atomic E-state index is 0.498. The van der Waals surface area contributed by atoms with E-state index in [0.717, 1.165) is 16.7 Å². The van der Waals surface area contributed by atoms with Crippen LogP contribution in [0.3, 0.4) is 0 Å². The molecule has 96 valence electrons. The summed E-state index contributed by atoms with van der Waals surface area (Å²) in [6.45, 7) is 0. The van der Waals surface area contributed by atoms with Crippen LogP contribution in [0.4, 0.5) is 5.82 Å². The molecule has 0 unspecified atom stereocenters. The van der Waals surface area contributed by atoms with Gasteiger partial charge in [0.05, 0.1) is 17.1 Å². The Morgan fingerprint density at radius 3 is 2.79 bits per heavy atom. The van der Waals surface area contributed by atoms with Crippen LogP contribution in [-0.2, 0) is 0 Å². The zero-order valence-corrected chi connectivity index (χ0v) is 10.8. The molecule has 4 heteroatoms. The highest BCUT2D eigenvalue weighted by Crippen LogP contribution is 2.25. The van der Waals surface area contributed by atoms with Crippen LogP contribution >= 0.6 is 0 Å². The van der Waals surface area contributed by atoms with Crippen molar-refractivity contribution >= 4 is 16.7 Å². The SMILES string of the molecule is N#Cc1ccc2ncnc(NC3CCCCC3)c2c1. The second kappa shape index (κ2) is 5.23. The fraction of sp³-hybridized carbons (Fsp3) is 0.400. The van der Waals surface area contributed by atoms with E-state index in [4.69, 9.17) is 5.26 Å². The van der Waals surface area contributed by atoms with E-state index in [-0.39, 0.29) is 0 Å². The van der Waals surface area contributed by atoms with Crippen molar-refractivity contribution in [2.24, 2.45) is 0 Å². The summed E-state index contributed by atoms with van der Waals surface area (Å²) in [5.74, 6) is 0.856. The molecule has 0 radical (unpaired) electrons. The topological polar surface area (TPSA) is 61.6 Å². The van der Waals surface area contributed by atoms with Gasteiger partial charge >= 0.3 is 0 Å². The average molecular weight is 252 g/mol. The fourth-order valence-electron chi connectivity index (χ4n) is 2.68. The van der Waals surface area contributed by atoms with Crippen molar-refractivity contribution in [1.82, 2.24) is 9.97 Å². The summed E-state index contributed by atoms with van der Waals surface area (Å²) in [5, 5.41) is 13.4. The largest absolute Gasteiger partial charge is 0.367 e. The lowest BCUT2D eigenvalue weighted by molar-refractivity contribution is 0.462. The van der Waals surface area contributed by atoms with Gasteiger partial charge in [-0.1, -0.05) is 19.3 Å². The Hall–Kier alpha value is -2.15. The smallest absolute Gasteiger partial charge is 0.137 e. The second-order valence-electron chi connectivity index (χ2n) is 5.05. The lowest BCUT2D eigenvalue weighted by Crippen LogP contribution is -2.23. The number of rotatable bonds is 2. The van der Waals surface area contributed by atoms with E-state index < -0.39 is 0 Å². The first-order chi connectivity index (χ1) is 9.36. The number of anilines is 1. The average Bonchev–Trinajstić information content (AvgIpc) is 2.48. The van der Waals surface area contributed by atoms with Crippen molar-refractivity contribution in [2.75, 3.05) is 5.32 Å². The molecule has 1 fully saturated rings. The molecule has 0 atom stereocenters. The highest BCUT2D eigenvalue weighted by Gasteiger charge is 2.15. The first kappa shape index (κ1) is 11.9. The molecule has 0 saturated heterocycles. The third-order valence-corrected chi connectivity index (χ3v) is 3.71. The molecule has 3 rings (SSSR count). The van der Waals surface area contributed by atoms with Crippen LogP contribution in [0.1, 0.15) is 37.7 Å². The van der Waals surface area contributed by atoms with Crippen LogP contribution in [-0.4, -0.2) is 16.0 Å². The Kier molecular flexibility index (Phi) is 3.28. The van der Waals surface area contributed by atoms with Crippen molar-refractivity contribution in [3.8, 4) is 6.07 Å². The van der Waals surface area contributed by atoms with Crippen LogP contribution in [0.25, 0.3) is 10.9 Å². The molecule has 4 nitrogen and oxygen atoms in total. The molecule has 2 aromatic rings. The van der Waals surface area contributed by atoms with Gasteiger partial charge in [-0.3, -0.25) is 0 Å². The van der Waals surface area contributed by atoms with Crippen molar-refractivity contribution in [3.63, 3.8) is 0 Å². The number of benzene rings is 1. The number of hydrogen-bond acceptors (Lipinski definition) is 4. The molecular formula is C15H16N4. The molecular weight excluding hydrogens is 236 g/mol. The molecule has 1 aliphatic carbocycles. The lowest BCUT2D eigenvalue weighted by Gasteiger charge is -2.23. The Morgan fingerprint density at radius 2 is 2.00 bits per heavy atom. The number of nitrogens with one attached hydrogen (secondary N) is 1. The normalized spacial score (nSPS) is 16.2. The summed E-state index contributed by atoms with van der Waals surface area (Å²) in [6.07, 6.45) is 7.88. The van der Waals surface area contributed by atoms with E-state index in [0.29, 0.717) is 11.6 Å². The molecule has 0 spiro atoms. The quantitative estimate of drug-likeness (QED) is 0.891. The maximum atomic E-state index is 9.00. The lowest BCUT2D eigenvalue weighted by atomic mass is 9.95. The third-order valence-electron chi connectivity index (χ3n) is 3.71. The summed E-state index contributed by atoms with van der Waals surface area (Å²) < 4.78 is 0. The van der Waals surface area contributed by atoms with Crippen molar-refractivity contribution < 1.29 is 0 Å². The van der Waals surface area contributed by atoms with Gasteiger partial charge in [0.25, 0.3) is 0 Å². The van der Waals surface area contributed by atoms with Crippen molar-refractivity contribution in [2.45, 2.75) is 38.1 Å². The van der Waals surface area contributed by atoms with E-state index in [1.54, 1.807) is 12.4 Å². The van der Waals surface area contributed by atoms with E-state index >= 15 is 0 Å². The van der Waals surface area contributed by atoms with Crippen LogP contribution in [0.15, 0.2) is 24.5 Å². The molecule has 1 saturated carbocycles. The fourth-order valence-corrected chi connectivity index (χ4v) is 2.68.